The number of anilines is 1. The Morgan fingerprint density at radius 1 is 1.03 bits per heavy atom. The Morgan fingerprint density at radius 2 is 1.73 bits per heavy atom. The molecule has 2 amide bonds. The smallest absolute Gasteiger partial charge is 0.273 e. The molecule has 2 aromatic carbocycles. The first-order chi connectivity index (χ1) is 16.0. The van der Waals surface area contributed by atoms with Crippen LogP contribution in [0.2, 0.25) is 5.02 Å². The monoisotopic (exact) mass is 529 g/mol. The number of benzene rings is 2. The lowest BCUT2D eigenvalue weighted by atomic mass is 10.0. The van der Waals surface area contributed by atoms with Crippen LogP contribution in [-0.4, -0.2) is 46.5 Å². The van der Waals surface area contributed by atoms with Crippen LogP contribution in [0.1, 0.15) is 51.7 Å². The van der Waals surface area contributed by atoms with Gasteiger partial charge in [-0.05, 0) is 59.6 Å². The van der Waals surface area contributed by atoms with E-state index in [1.165, 1.54) is 19.3 Å². The number of nitrogens with one attached hydrogen (secondary N) is 3. The topological polar surface area (TPSA) is 90.1 Å². The maximum absolute atomic E-state index is 13.1. The standard InChI is InChI=1S/C24H25BrClN5O2/c25-20-21(29-30-22(20)28-23(32)17-11-5-6-12-18(17)26)24(33)27-19(16-9-3-1-4-10-16)15-31-13-7-2-8-14-31/h1,3-6,9-12,19H,2,7-8,13-15H2,(H,27,33)(H2,28,29,30,32)/t19-/m1/s1. The minimum atomic E-state index is -0.399. The average molecular weight is 531 g/mol. The van der Waals surface area contributed by atoms with Crippen LogP contribution in [0.3, 0.4) is 0 Å². The number of aromatic amines is 1. The molecule has 0 radical (unpaired) electrons. The van der Waals surface area contributed by atoms with Crippen LogP contribution in [0, 0.1) is 0 Å². The van der Waals surface area contributed by atoms with Gasteiger partial charge in [-0.25, -0.2) is 0 Å². The molecule has 7 nitrogen and oxygen atoms in total. The molecule has 2 heterocycles. The Kier molecular flexibility index (Phi) is 7.80. The molecule has 0 saturated carbocycles. The number of carbonyl (C=O) groups is 2. The van der Waals surface area contributed by atoms with E-state index in [1.807, 2.05) is 30.3 Å². The molecule has 0 spiro atoms. The Hall–Kier alpha value is -2.68. The van der Waals surface area contributed by atoms with Crippen molar-refractivity contribution in [1.82, 2.24) is 20.4 Å². The van der Waals surface area contributed by atoms with Gasteiger partial charge >= 0.3 is 0 Å². The first-order valence-corrected chi connectivity index (χ1v) is 12.1. The lowest BCUT2D eigenvalue weighted by Gasteiger charge is -2.31. The van der Waals surface area contributed by atoms with E-state index in [0.29, 0.717) is 15.1 Å². The van der Waals surface area contributed by atoms with Crippen LogP contribution in [-0.2, 0) is 0 Å². The van der Waals surface area contributed by atoms with Crippen molar-refractivity contribution in [3.05, 3.63) is 80.9 Å². The van der Waals surface area contributed by atoms with E-state index in [1.54, 1.807) is 24.3 Å². The molecule has 1 fully saturated rings. The molecule has 0 unspecified atom stereocenters. The number of piperidine rings is 1. The molecule has 0 aliphatic carbocycles. The molecular formula is C24H25BrClN5O2. The van der Waals surface area contributed by atoms with E-state index in [-0.39, 0.29) is 23.5 Å². The molecule has 3 N–H and O–H groups in total. The lowest BCUT2D eigenvalue weighted by Crippen LogP contribution is -2.40. The normalized spacial score (nSPS) is 15.1. The minimum absolute atomic E-state index is 0.170. The summed E-state index contributed by atoms with van der Waals surface area (Å²) in [5, 5.41) is 13.0. The van der Waals surface area contributed by atoms with Crippen molar-refractivity contribution in [2.24, 2.45) is 0 Å². The zero-order chi connectivity index (χ0) is 23.2. The number of amides is 2. The summed E-state index contributed by atoms with van der Waals surface area (Å²) in [5.74, 6) is -0.441. The van der Waals surface area contributed by atoms with E-state index in [4.69, 9.17) is 11.6 Å². The van der Waals surface area contributed by atoms with Crippen molar-refractivity contribution in [2.45, 2.75) is 25.3 Å². The molecule has 4 rings (SSSR count). The summed E-state index contributed by atoms with van der Waals surface area (Å²) < 4.78 is 0.380. The predicted molar refractivity (Wildman–Crippen MR) is 133 cm³/mol. The van der Waals surface area contributed by atoms with Crippen molar-refractivity contribution in [2.75, 3.05) is 25.0 Å². The van der Waals surface area contributed by atoms with Crippen molar-refractivity contribution in [3.8, 4) is 0 Å². The summed E-state index contributed by atoms with van der Waals surface area (Å²) in [6.07, 6.45) is 3.60. The fourth-order valence-electron chi connectivity index (χ4n) is 3.93. The Balaban J connectivity index is 1.48. The van der Waals surface area contributed by atoms with Crippen LogP contribution in [0.25, 0.3) is 0 Å². The number of likely N-dealkylation sites (tertiary alicyclic amines) is 1. The second-order valence-corrected chi connectivity index (χ2v) is 9.19. The van der Waals surface area contributed by atoms with Crippen LogP contribution in [0.15, 0.2) is 59.1 Å². The van der Waals surface area contributed by atoms with Gasteiger partial charge in [0, 0.05) is 6.54 Å². The van der Waals surface area contributed by atoms with E-state index >= 15 is 0 Å². The third-order valence-electron chi connectivity index (χ3n) is 5.68. The predicted octanol–water partition coefficient (Wildman–Crippen LogP) is 5.03. The summed E-state index contributed by atoms with van der Waals surface area (Å²) in [6.45, 7) is 2.79. The quantitative estimate of drug-likeness (QED) is 0.399. The van der Waals surface area contributed by atoms with Gasteiger partial charge in [-0.1, -0.05) is 60.5 Å². The van der Waals surface area contributed by atoms with Crippen molar-refractivity contribution >= 4 is 45.2 Å². The van der Waals surface area contributed by atoms with Gasteiger partial charge < -0.3 is 15.5 Å². The van der Waals surface area contributed by atoms with Gasteiger partial charge in [0.2, 0.25) is 0 Å². The summed E-state index contributed by atoms with van der Waals surface area (Å²) in [4.78, 5) is 28.1. The zero-order valence-electron chi connectivity index (χ0n) is 18.0. The summed E-state index contributed by atoms with van der Waals surface area (Å²) in [6, 6.07) is 16.5. The van der Waals surface area contributed by atoms with E-state index < -0.39 is 5.91 Å². The van der Waals surface area contributed by atoms with Gasteiger partial charge in [0.05, 0.1) is 21.1 Å². The van der Waals surface area contributed by atoms with E-state index in [2.05, 4.69) is 41.7 Å². The van der Waals surface area contributed by atoms with E-state index in [0.717, 1.165) is 25.2 Å². The van der Waals surface area contributed by atoms with Crippen molar-refractivity contribution in [3.63, 3.8) is 0 Å². The lowest BCUT2D eigenvalue weighted by molar-refractivity contribution is 0.0913. The molecule has 0 bridgehead atoms. The molecule has 1 aliphatic heterocycles. The van der Waals surface area contributed by atoms with Crippen LogP contribution < -0.4 is 10.6 Å². The maximum Gasteiger partial charge on any atom is 0.273 e. The first kappa shape index (κ1) is 23.5. The highest BCUT2D eigenvalue weighted by Crippen LogP contribution is 2.26. The highest BCUT2D eigenvalue weighted by Gasteiger charge is 2.25. The third kappa shape index (κ3) is 5.82. The molecular weight excluding hydrogens is 506 g/mol. The number of nitrogens with zero attached hydrogens (tertiary/aromatic N) is 2. The molecule has 9 heteroatoms. The number of hydrogen-bond donors (Lipinski definition) is 3. The maximum atomic E-state index is 13.1. The van der Waals surface area contributed by atoms with Crippen molar-refractivity contribution < 1.29 is 9.59 Å². The van der Waals surface area contributed by atoms with Gasteiger partial charge in [0.25, 0.3) is 11.8 Å². The van der Waals surface area contributed by atoms with Gasteiger partial charge in [0.1, 0.15) is 5.82 Å². The van der Waals surface area contributed by atoms with Crippen LogP contribution >= 0.6 is 27.5 Å². The number of hydrogen-bond acceptors (Lipinski definition) is 4. The summed E-state index contributed by atoms with van der Waals surface area (Å²) in [5.41, 5.74) is 1.54. The van der Waals surface area contributed by atoms with Crippen LogP contribution in [0.4, 0.5) is 5.82 Å². The number of halogens is 2. The number of carbonyl (C=O) groups excluding carboxylic acids is 2. The fourth-order valence-corrected chi connectivity index (χ4v) is 4.61. The SMILES string of the molecule is O=C(Nc1[nH]nc(C(=O)N[C@H](CN2CCCCC2)c2ccccc2)c1Br)c1ccccc1Cl. The highest BCUT2D eigenvalue weighted by molar-refractivity contribution is 9.10. The summed E-state index contributed by atoms with van der Waals surface area (Å²) >= 11 is 9.51. The van der Waals surface area contributed by atoms with Gasteiger partial charge in [-0.3, -0.25) is 14.7 Å². The Bertz CT molecular complexity index is 1120. The van der Waals surface area contributed by atoms with Gasteiger partial charge in [-0.15, -0.1) is 0 Å². The number of H-pyrrole nitrogens is 1. The second kappa shape index (κ2) is 11.0. The molecule has 1 saturated heterocycles. The van der Waals surface area contributed by atoms with Crippen molar-refractivity contribution in [1.29, 1.82) is 0 Å². The molecule has 172 valence electrons. The third-order valence-corrected chi connectivity index (χ3v) is 6.78. The molecule has 1 aromatic heterocycles. The van der Waals surface area contributed by atoms with E-state index in [9.17, 15) is 9.59 Å². The largest absolute Gasteiger partial charge is 0.343 e. The number of rotatable bonds is 7. The molecule has 1 aliphatic rings. The van der Waals surface area contributed by atoms with Gasteiger partial charge in [-0.2, -0.15) is 5.10 Å². The first-order valence-electron chi connectivity index (χ1n) is 10.9. The number of aromatic nitrogens is 2. The van der Waals surface area contributed by atoms with Gasteiger partial charge in [0.15, 0.2) is 5.69 Å². The zero-order valence-corrected chi connectivity index (χ0v) is 20.3. The van der Waals surface area contributed by atoms with Crippen LogP contribution in [0.5, 0.6) is 0 Å². The summed E-state index contributed by atoms with van der Waals surface area (Å²) in [7, 11) is 0. The second-order valence-electron chi connectivity index (χ2n) is 7.99. The Labute approximate surface area is 206 Å². The Morgan fingerprint density at radius 3 is 2.45 bits per heavy atom. The highest BCUT2D eigenvalue weighted by atomic mass is 79.9. The molecule has 1 atom stereocenters. The minimum Gasteiger partial charge on any atom is -0.343 e. The fraction of sp³-hybridized carbons (Fsp3) is 0.292. The average Bonchev–Trinajstić information content (AvgIpc) is 3.20. The molecule has 3 aromatic rings. The molecule has 33 heavy (non-hydrogen) atoms.